The molecule has 1 fully saturated rings. The van der Waals surface area contributed by atoms with E-state index in [-0.39, 0.29) is 23.9 Å². The summed E-state index contributed by atoms with van der Waals surface area (Å²) in [7, 11) is 0. The molecule has 5 nitrogen and oxygen atoms in total. The van der Waals surface area contributed by atoms with E-state index < -0.39 is 6.10 Å². The highest BCUT2D eigenvalue weighted by atomic mass is 16.3. The van der Waals surface area contributed by atoms with Gasteiger partial charge in [0, 0.05) is 25.4 Å². The van der Waals surface area contributed by atoms with Gasteiger partial charge in [0.05, 0.1) is 12.1 Å². The standard InChI is InChI=1S/C23H36N2O3/c1-3-4-5-9-14-22(27)25-17-10-13-20(25)15-16-21(26)24-18(2)23(28)19-11-7-6-8-12-19/h6-8,11-12,18,20,23,28H,3-5,9-10,13-17H2,1-2H3,(H,24,26)/t18-,20?,23?/m1/s1. The van der Waals surface area contributed by atoms with E-state index in [0.29, 0.717) is 19.3 Å². The van der Waals surface area contributed by atoms with E-state index in [1.54, 1.807) is 0 Å². The molecule has 0 saturated carbocycles. The number of rotatable bonds is 11. The topological polar surface area (TPSA) is 69.6 Å². The number of aliphatic hydroxyl groups excluding tert-OH is 1. The number of carbonyl (C=O) groups is 2. The van der Waals surface area contributed by atoms with Crippen LogP contribution in [0.4, 0.5) is 0 Å². The molecule has 3 atom stereocenters. The quantitative estimate of drug-likeness (QED) is 0.564. The highest BCUT2D eigenvalue weighted by Crippen LogP contribution is 2.23. The van der Waals surface area contributed by atoms with Gasteiger partial charge in [-0.15, -0.1) is 0 Å². The first-order valence-corrected chi connectivity index (χ1v) is 10.8. The van der Waals surface area contributed by atoms with Crippen molar-refractivity contribution in [1.29, 1.82) is 0 Å². The van der Waals surface area contributed by atoms with Gasteiger partial charge in [-0.25, -0.2) is 0 Å². The van der Waals surface area contributed by atoms with Gasteiger partial charge in [-0.05, 0) is 38.2 Å². The normalized spacial score (nSPS) is 18.7. The third-order valence-corrected chi connectivity index (χ3v) is 5.65. The molecule has 28 heavy (non-hydrogen) atoms. The SMILES string of the molecule is CCCCCCC(=O)N1CCCC1CCC(=O)N[C@H](C)C(O)c1ccccc1. The molecule has 2 N–H and O–H groups in total. The van der Waals surface area contributed by atoms with E-state index in [4.69, 9.17) is 0 Å². The Morgan fingerprint density at radius 2 is 1.93 bits per heavy atom. The minimum absolute atomic E-state index is 0.0651. The van der Waals surface area contributed by atoms with Gasteiger partial charge in [-0.1, -0.05) is 56.5 Å². The monoisotopic (exact) mass is 388 g/mol. The number of unbranched alkanes of at least 4 members (excludes halogenated alkanes) is 3. The van der Waals surface area contributed by atoms with Crippen molar-refractivity contribution in [2.75, 3.05) is 6.54 Å². The highest BCUT2D eigenvalue weighted by molar-refractivity contribution is 5.78. The van der Waals surface area contributed by atoms with Crippen molar-refractivity contribution in [3.63, 3.8) is 0 Å². The van der Waals surface area contributed by atoms with Gasteiger partial charge in [0.25, 0.3) is 0 Å². The molecule has 0 aliphatic carbocycles. The van der Waals surface area contributed by atoms with Crippen molar-refractivity contribution in [3.8, 4) is 0 Å². The average molecular weight is 389 g/mol. The number of hydrogen-bond acceptors (Lipinski definition) is 3. The van der Waals surface area contributed by atoms with Crippen LogP contribution in [0.25, 0.3) is 0 Å². The summed E-state index contributed by atoms with van der Waals surface area (Å²) in [4.78, 5) is 26.8. The molecule has 0 aromatic heterocycles. The van der Waals surface area contributed by atoms with Crippen molar-refractivity contribution in [1.82, 2.24) is 10.2 Å². The molecule has 2 amide bonds. The van der Waals surface area contributed by atoms with Gasteiger partial charge in [-0.2, -0.15) is 0 Å². The lowest BCUT2D eigenvalue weighted by Gasteiger charge is -2.25. The first kappa shape index (κ1) is 22.4. The zero-order chi connectivity index (χ0) is 20.4. The van der Waals surface area contributed by atoms with Crippen molar-refractivity contribution in [2.24, 2.45) is 0 Å². The van der Waals surface area contributed by atoms with Crippen LogP contribution < -0.4 is 5.32 Å². The fraction of sp³-hybridized carbons (Fsp3) is 0.652. The molecule has 1 aromatic rings. The summed E-state index contributed by atoms with van der Waals surface area (Å²) in [5, 5.41) is 13.3. The number of hydrogen-bond donors (Lipinski definition) is 2. The Labute approximate surface area is 169 Å². The van der Waals surface area contributed by atoms with E-state index >= 15 is 0 Å². The summed E-state index contributed by atoms with van der Waals surface area (Å²) in [6.45, 7) is 4.81. The van der Waals surface area contributed by atoms with Crippen LogP contribution in [0.2, 0.25) is 0 Å². The van der Waals surface area contributed by atoms with E-state index in [9.17, 15) is 14.7 Å². The Balaban J connectivity index is 1.74. The predicted octanol–water partition coefficient (Wildman–Crippen LogP) is 3.97. The Bertz CT molecular complexity index is 605. The van der Waals surface area contributed by atoms with E-state index in [0.717, 1.165) is 37.8 Å². The zero-order valence-electron chi connectivity index (χ0n) is 17.4. The molecule has 0 spiro atoms. The van der Waals surface area contributed by atoms with Crippen LogP contribution in [-0.4, -0.2) is 40.4 Å². The third kappa shape index (κ3) is 6.93. The number of likely N-dealkylation sites (tertiary alicyclic amines) is 1. The zero-order valence-corrected chi connectivity index (χ0v) is 17.4. The van der Waals surface area contributed by atoms with Gasteiger partial charge in [0.15, 0.2) is 0 Å². The molecule has 0 bridgehead atoms. The van der Waals surface area contributed by atoms with Crippen LogP contribution in [0.5, 0.6) is 0 Å². The number of amides is 2. The number of nitrogens with zero attached hydrogens (tertiary/aromatic N) is 1. The van der Waals surface area contributed by atoms with Crippen molar-refractivity contribution in [3.05, 3.63) is 35.9 Å². The van der Waals surface area contributed by atoms with Crippen LogP contribution in [0.3, 0.4) is 0 Å². The highest BCUT2D eigenvalue weighted by Gasteiger charge is 2.28. The molecule has 1 aliphatic heterocycles. The summed E-state index contributed by atoms with van der Waals surface area (Å²) < 4.78 is 0. The van der Waals surface area contributed by atoms with Gasteiger partial charge in [-0.3, -0.25) is 9.59 Å². The Morgan fingerprint density at radius 3 is 2.64 bits per heavy atom. The van der Waals surface area contributed by atoms with Gasteiger partial charge >= 0.3 is 0 Å². The molecular formula is C23H36N2O3. The fourth-order valence-corrected chi connectivity index (χ4v) is 3.95. The van der Waals surface area contributed by atoms with Crippen LogP contribution in [0.1, 0.15) is 83.3 Å². The summed E-state index contributed by atoms with van der Waals surface area (Å²) in [5.74, 6) is 0.177. The molecular weight excluding hydrogens is 352 g/mol. The summed E-state index contributed by atoms with van der Waals surface area (Å²) in [6, 6.07) is 9.19. The molecule has 0 radical (unpaired) electrons. The lowest BCUT2D eigenvalue weighted by atomic mass is 10.0. The number of carbonyl (C=O) groups excluding carboxylic acids is 2. The number of nitrogens with one attached hydrogen (secondary N) is 1. The van der Waals surface area contributed by atoms with Crippen LogP contribution in [0, 0.1) is 0 Å². The second-order valence-corrected chi connectivity index (χ2v) is 7.94. The molecule has 2 unspecified atom stereocenters. The molecule has 2 rings (SSSR count). The Morgan fingerprint density at radius 1 is 1.18 bits per heavy atom. The van der Waals surface area contributed by atoms with Crippen molar-refractivity contribution >= 4 is 11.8 Å². The second kappa shape index (κ2) is 11.8. The van der Waals surface area contributed by atoms with Crippen LogP contribution in [0.15, 0.2) is 30.3 Å². The van der Waals surface area contributed by atoms with E-state index in [1.807, 2.05) is 42.2 Å². The molecule has 1 heterocycles. The fourth-order valence-electron chi connectivity index (χ4n) is 3.95. The van der Waals surface area contributed by atoms with Gasteiger partial charge in [0.2, 0.25) is 11.8 Å². The molecule has 156 valence electrons. The number of aliphatic hydroxyl groups is 1. The average Bonchev–Trinajstić information content (AvgIpc) is 3.18. The Kier molecular flexibility index (Phi) is 9.48. The van der Waals surface area contributed by atoms with E-state index in [1.165, 1.54) is 12.8 Å². The van der Waals surface area contributed by atoms with Crippen LogP contribution in [-0.2, 0) is 9.59 Å². The lowest BCUT2D eigenvalue weighted by molar-refractivity contribution is -0.133. The summed E-state index contributed by atoms with van der Waals surface area (Å²) >= 11 is 0. The maximum atomic E-state index is 12.5. The van der Waals surface area contributed by atoms with E-state index in [2.05, 4.69) is 12.2 Å². The molecule has 1 aliphatic rings. The van der Waals surface area contributed by atoms with Gasteiger partial charge in [0.1, 0.15) is 0 Å². The minimum Gasteiger partial charge on any atom is -0.386 e. The lowest BCUT2D eigenvalue weighted by Crippen LogP contribution is -2.39. The van der Waals surface area contributed by atoms with Crippen molar-refractivity contribution < 1.29 is 14.7 Å². The first-order chi connectivity index (χ1) is 13.5. The second-order valence-electron chi connectivity index (χ2n) is 7.94. The number of benzene rings is 1. The van der Waals surface area contributed by atoms with Crippen LogP contribution >= 0.6 is 0 Å². The molecule has 5 heteroatoms. The predicted molar refractivity (Wildman–Crippen MR) is 112 cm³/mol. The molecule has 1 saturated heterocycles. The Hall–Kier alpha value is -1.88. The van der Waals surface area contributed by atoms with Gasteiger partial charge < -0.3 is 15.3 Å². The largest absolute Gasteiger partial charge is 0.386 e. The summed E-state index contributed by atoms with van der Waals surface area (Å²) in [6.07, 6.45) is 7.43. The minimum atomic E-state index is -0.724. The smallest absolute Gasteiger partial charge is 0.222 e. The summed E-state index contributed by atoms with van der Waals surface area (Å²) in [5.41, 5.74) is 0.797. The first-order valence-electron chi connectivity index (χ1n) is 10.8. The maximum absolute atomic E-state index is 12.5. The van der Waals surface area contributed by atoms with Crippen molar-refractivity contribution in [2.45, 2.75) is 89.8 Å². The molecule has 1 aromatic carbocycles. The third-order valence-electron chi connectivity index (χ3n) is 5.65. The maximum Gasteiger partial charge on any atom is 0.222 e.